The zero-order valence-electron chi connectivity index (χ0n) is 19.0. The Kier molecular flexibility index (Phi) is 7.01. The Morgan fingerprint density at radius 1 is 0.941 bits per heavy atom. The highest BCUT2D eigenvalue weighted by molar-refractivity contribution is 5.83. The van der Waals surface area contributed by atoms with E-state index in [1.54, 1.807) is 12.4 Å². The third-order valence-electron chi connectivity index (χ3n) is 5.67. The van der Waals surface area contributed by atoms with Crippen molar-refractivity contribution in [3.63, 3.8) is 0 Å². The molecule has 0 atom stereocenters. The molecular weight excluding hydrogens is 426 g/mol. The minimum absolute atomic E-state index is 0.354. The Bertz CT molecular complexity index is 1260. The maximum atomic E-state index is 5.91. The van der Waals surface area contributed by atoms with Gasteiger partial charge < -0.3 is 14.4 Å². The quantitative estimate of drug-likeness (QED) is 0.374. The van der Waals surface area contributed by atoms with Crippen LogP contribution in [0.1, 0.15) is 17.0 Å². The van der Waals surface area contributed by atoms with Crippen molar-refractivity contribution in [2.75, 3.05) is 37.8 Å². The lowest BCUT2D eigenvalue weighted by Crippen LogP contribution is -2.37. The van der Waals surface area contributed by atoms with Gasteiger partial charge in [0.2, 0.25) is 0 Å². The first-order valence-electron chi connectivity index (χ1n) is 11.6. The molecule has 0 N–H and O–H groups in total. The van der Waals surface area contributed by atoms with E-state index >= 15 is 0 Å². The van der Waals surface area contributed by atoms with Crippen molar-refractivity contribution in [3.8, 4) is 6.01 Å². The monoisotopic (exact) mass is 453 g/mol. The van der Waals surface area contributed by atoms with Crippen LogP contribution in [0, 0.1) is 0 Å². The van der Waals surface area contributed by atoms with Crippen molar-refractivity contribution < 1.29 is 9.47 Å². The lowest BCUT2D eigenvalue weighted by Gasteiger charge is -2.28. The average molecular weight is 454 g/mol. The number of aliphatic imine (C=N–C) groups is 1. The van der Waals surface area contributed by atoms with E-state index in [2.05, 4.69) is 67.3 Å². The molecule has 3 heterocycles. The van der Waals surface area contributed by atoms with Crippen molar-refractivity contribution in [3.05, 3.63) is 89.9 Å². The number of morpholine rings is 1. The second-order valence-electron chi connectivity index (χ2n) is 8.10. The molecule has 2 aromatic carbocycles. The molecule has 0 saturated carbocycles. The standard InChI is InChI=1S/C27H27N5O2/c1-2-6-23-17-21(8-9-22(23)5-1)19-28-20-25-18-26(32-12-15-33-16-13-32)31-27(30-25)34-14-10-24-7-3-4-11-29-24/h1-9,11,17-18,20H,10,12-16,19H2. The zero-order chi connectivity index (χ0) is 23.0. The molecule has 1 aliphatic rings. The summed E-state index contributed by atoms with van der Waals surface area (Å²) < 4.78 is 11.4. The van der Waals surface area contributed by atoms with Gasteiger partial charge >= 0.3 is 6.01 Å². The summed E-state index contributed by atoms with van der Waals surface area (Å²) in [7, 11) is 0. The van der Waals surface area contributed by atoms with Gasteiger partial charge in [0, 0.05) is 43.7 Å². The van der Waals surface area contributed by atoms with Crippen molar-refractivity contribution in [2.45, 2.75) is 13.0 Å². The van der Waals surface area contributed by atoms with Crippen LogP contribution in [0.2, 0.25) is 0 Å². The molecule has 0 amide bonds. The maximum absolute atomic E-state index is 5.91. The smallest absolute Gasteiger partial charge is 0.318 e. The van der Waals surface area contributed by atoms with E-state index in [4.69, 9.17) is 9.47 Å². The molecule has 7 nitrogen and oxygen atoms in total. The summed E-state index contributed by atoms with van der Waals surface area (Å²) in [6, 6.07) is 23.0. The highest BCUT2D eigenvalue weighted by Crippen LogP contribution is 2.19. The first-order valence-corrected chi connectivity index (χ1v) is 11.6. The topological polar surface area (TPSA) is 72.7 Å². The summed E-state index contributed by atoms with van der Waals surface area (Å²) in [4.78, 5) is 20.4. The fourth-order valence-electron chi connectivity index (χ4n) is 3.89. The van der Waals surface area contributed by atoms with Crippen LogP contribution in [0.15, 0.2) is 77.9 Å². The number of nitrogens with zero attached hydrogens (tertiary/aromatic N) is 5. The van der Waals surface area contributed by atoms with Crippen LogP contribution >= 0.6 is 0 Å². The molecule has 2 aromatic heterocycles. The predicted octanol–water partition coefficient (Wildman–Crippen LogP) is 4.10. The van der Waals surface area contributed by atoms with Gasteiger partial charge in [-0.05, 0) is 34.5 Å². The predicted molar refractivity (Wildman–Crippen MR) is 134 cm³/mol. The SMILES string of the molecule is C(=NCc1ccc2ccccc2c1)c1cc(N2CCOCC2)nc(OCCc2ccccn2)n1. The van der Waals surface area contributed by atoms with Crippen molar-refractivity contribution >= 4 is 22.8 Å². The molecule has 4 aromatic rings. The van der Waals surface area contributed by atoms with Gasteiger partial charge in [0.15, 0.2) is 0 Å². The van der Waals surface area contributed by atoms with E-state index in [9.17, 15) is 0 Å². The number of rotatable bonds is 8. The number of hydrogen-bond acceptors (Lipinski definition) is 7. The molecule has 1 fully saturated rings. The summed E-state index contributed by atoms with van der Waals surface area (Å²) in [6.45, 7) is 3.99. The van der Waals surface area contributed by atoms with Crippen LogP contribution in [0.4, 0.5) is 5.82 Å². The first-order chi connectivity index (χ1) is 16.8. The van der Waals surface area contributed by atoms with Crippen LogP contribution in [0.5, 0.6) is 6.01 Å². The second-order valence-corrected chi connectivity index (χ2v) is 8.10. The van der Waals surface area contributed by atoms with Crippen molar-refractivity contribution in [2.24, 2.45) is 4.99 Å². The van der Waals surface area contributed by atoms with Gasteiger partial charge in [-0.1, -0.05) is 42.5 Å². The normalized spacial score (nSPS) is 14.1. The molecule has 172 valence electrons. The van der Waals surface area contributed by atoms with Crippen molar-refractivity contribution in [1.29, 1.82) is 0 Å². The summed E-state index contributed by atoms with van der Waals surface area (Å²) in [5.41, 5.74) is 2.86. The zero-order valence-corrected chi connectivity index (χ0v) is 19.0. The van der Waals surface area contributed by atoms with Crippen molar-refractivity contribution in [1.82, 2.24) is 15.0 Å². The van der Waals surface area contributed by atoms with E-state index < -0.39 is 0 Å². The van der Waals surface area contributed by atoms with Gasteiger partial charge in [-0.3, -0.25) is 9.98 Å². The highest BCUT2D eigenvalue weighted by Gasteiger charge is 2.15. The highest BCUT2D eigenvalue weighted by atomic mass is 16.5. The number of hydrogen-bond donors (Lipinski definition) is 0. The Hall–Kier alpha value is -3.84. The lowest BCUT2D eigenvalue weighted by atomic mass is 10.1. The Morgan fingerprint density at radius 2 is 1.79 bits per heavy atom. The number of benzene rings is 2. The van der Waals surface area contributed by atoms with Gasteiger partial charge in [-0.25, -0.2) is 0 Å². The number of aromatic nitrogens is 3. The third kappa shape index (κ3) is 5.74. The minimum Gasteiger partial charge on any atom is -0.463 e. The number of anilines is 1. The Morgan fingerprint density at radius 3 is 2.65 bits per heavy atom. The van der Waals surface area contributed by atoms with E-state index in [0.717, 1.165) is 35.9 Å². The molecule has 1 saturated heterocycles. The fourth-order valence-corrected chi connectivity index (χ4v) is 3.89. The largest absolute Gasteiger partial charge is 0.463 e. The van der Waals surface area contributed by atoms with E-state index in [1.165, 1.54) is 10.8 Å². The molecule has 0 aliphatic carbocycles. The van der Waals surface area contributed by atoms with E-state index in [1.807, 2.05) is 24.3 Å². The molecular formula is C27H27N5O2. The van der Waals surface area contributed by atoms with Gasteiger partial charge in [0.05, 0.1) is 32.1 Å². The van der Waals surface area contributed by atoms with Crippen LogP contribution in [0.25, 0.3) is 10.8 Å². The van der Waals surface area contributed by atoms with Crippen LogP contribution in [-0.2, 0) is 17.7 Å². The third-order valence-corrected chi connectivity index (χ3v) is 5.67. The molecule has 34 heavy (non-hydrogen) atoms. The Labute approximate surface area is 199 Å². The van der Waals surface area contributed by atoms with Crippen LogP contribution < -0.4 is 9.64 Å². The van der Waals surface area contributed by atoms with Gasteiger partial charge in [0.25, 0.3) is 0 Å². The van der Waals surface area contributed by atoms with Gasteiger partial charge in [-0.15, -0.1) is 0 Å². The van der Waals surface area contributed by atoms with E-state index in [-0.39, 0.29) is 0 Å². The van der Waals surface area contributed by atoms with E-state index in [0.29, 0.717) is 38.8 Å². The molecule has 0 radical (unpaired) electrons. The summed E-state index contributed by atoms with van der Waals surface area (Å²) in [6.07, 6.45) is 4.28. The summed E-state index contributed by atoms with van der Waals surface area (Å²) in [5.74, 6) is 0.832. The fraction of sp³-hybridized carbons (Fsp3) is 0.259. The first kappa shape index (κ1) is 22.0. The number of ether oxygens (including phenoxy) is 2. The van der Waals surface area contributed by atoms with Crippen LogP contribution in [0.3, 0.4) is 0 Å². The Balaban J connectivity index is 1.31. The van der Waals surface area contributed by atoms with Crippen LogP contribution in [-0.4, -0.2) is 54.1 Å². The molecule has 0 spiro atoms. The summed E-state index contributed by atoms with van der Waals surface area (Å²) >= 11 is 0. The second kappa shape index (κ2) is 10.9. The molecule has 7 heteroatoms. The molecule has 1 aliphatic heterocycles. The maximum Gasteiger partial charge on any atom is 0.318 e. The number of pyridine rings is 1. The molecule has 0 unspecified atom stereocenters. The molecule has 5 rings (SSSR count). The van der Waals surface area contributed by atoms with Gasteiger partial charge in [0.1, 0.15) is 5.82 Å². The molecule has 0 bridgehead atoms. The van der Waals surface area contributed by atoms with Gasteiger partial charge in [-0.2, -0.15) is 9.97 Å². The lowest BCUT2D eigenvalue weighted by molar-refractivity contribution is 0.122. The average Bonchev–Trinajstić information content (AvgIpc) is 2.90. The minimum atomic E-state index is 0.354. The number of fused-ring (bicyclic) bond motifs is 1. The summed E-state index contributed by atoms with van der Waals surface area (Å²) in [5, 5.41) is 2.45.